The molecular weight excluding hydrogens is 328 g/mol. The maximum atomic E-state index is 10.8. The zero-order valence-electron chi connectivity index (χ0n) is 10.1. The van der Waals surface area contributed by atoms with Gasteiger partial charge >= 0.3 is 5.97 Å². The van der Waals surface area contributed by atoms with Crippen LogP contribution in [0.4, 0.5) is 0 Å². The highest BCUT2D eigenvalue weighted by atomic mass is 79.9. The van der Waals surface area contributed by atoms with E-state index in [-0.39, 0.29) is 5.56 Å². The third-order valence-electron chi connectivity index (χ3n) is 2.47. The predicted molar refractivity (Wildman–Crippen MR) is 78.2 cm³/mol. The summed E-state index contributed by atoms with van der Waals surface area (Å²) in [5.41, 5.74) is 0.290. The Kier molecular flexibility index (Phi) is 4.50. The third-order valence-corrected chi connectivity index (χ3v) is 4.47. The Hall–Kier alpha value is -1.46. The second kappa shape index (κ2) is 6.12. The first-order valence-corrected chi connectivity index (χ1v) is 7.06. The molecule has 0 atom stereocenters. The maximum Gasteiger partial charge on any atom is 0.335 e. The Balaban J connectivity index is 2.19. The van der Waals surface area contributed by atoms with Gasteiger partial charge in [-0.05, 0) is 58.4 Å². The molecule has 0 amide bonds. The first-order valence-electron chi connectivity index (χ1n) is 5.45. The molecule has 19 heavy (non-hydrogen) atoms. The van der Waals surface area contributed by atoms with Crippen LogP contribution in [0.5, 0.6) is 5.75 Å². The Morgan fingerprint density at radius 1 is 1.21 bits per heavy atom. The minimum Gasteiger partial charge on any atom is -0.497 e. The Bertz CT molecular complexity index is 596. The largest absolute Gasteiger partial charge is 0.497 e. The molecule has 5 heteroatoms. The van der Waals surface area contributed by atoms with Gasteiger partial charge in [0.2, 0.25) is 0 Å². The fourth-order valence-corrected chi connectivity index (χ4v) is 2.90. The van der Waals surface area contributed by atoms with Gasteiger partial charge in [-0.2, -0.15) is 0 Å². The molecule has 0 saturated heterocycles. The number of hydrogen-bond acceptors (Lipinski definition) is 3. The lowest BCUT2D eigenvalue weighted by molar-refractivity contribution is 0.0697. The van der Waals surface area contributed by atoms with E-state index in [1.54, 1.807) is 43.1 Å². The average Bonchev–Trinajstić information content (AvgIpc) is 2.41. The summed E-state index contributed by atoms with van der Waals surface area (Å²) in [5.74, 6) is -0.125. The lowest BCUT2D eigenvalue weighted by Gasteiger charge is -2.07. The van der Waals surface area contributed by atoms with E-state index in [0.717, 1.165) is 20.0 Å². The lowest BCUT2D eigenvalue weighted by atomic mass is 10.2. The molecule has 2 aromatic rings. The zero-order chi connectivity index (χ0) is 13.8. The number of methoxy groups -OCH3 is 1. The first kappa shape index (κ1) is 14.0. The summed E-state index contributed by atoms with van der Waals surface area (Å²) < 4.78 is 6.08. The second-order valence-electron chi connectivity index (χ2n) is 3.73. The van der Waals surface area contributed by atoms with E-state index in [1.807, 2.05) is 18.2 Å². The van der Waals surface area contributed by atoms with Crippen LogP contribution >= 0.6 is 27.7 Å². The van der Waals surface area contributed by atoms with Gasteiger partial charge in [-0.25, -0.2) is 4.79 Å². The van der Waals surface area contributed by atoms with Crippen LogP contribution in [0, 0.1) is 0 Å². The number of benzene rings is 2. The molecule has 0 aliphatic heterocycles. The van der Waals surface area contributed by atoms with Crippen molar-refractivity contribution in [3.8, 4) is 5.75 Å². The molecule has 0 unspecified atom stereocenters. The normalized spacial score (nSPS) is 10.2. The minimum absolute atomic E-state index is 0.290. The van der Waals surface area contributed by atoms with E-state index in [2.05, 4.69) is 15.9 Å². The standard InChI is InChI=1S/C14H11BrO3S/c1-18-10-4-7-13(12(15)8-10)19-11-5-2-9(3-6-11)14(16)17/h2-8H,1H3,(H,16,17). The molecule has 3 nitrogen and oxygen atoms in total. The van der Waals surface area contributed by atoms with Crippen molar-refractivity contribution in [3.05, 3.63) is 52.5 Å². The number of rotatable bonds is 4. The second-order valence-corrected chi connectivity index (χ2v) is 5.70. The van der Waals surface area contributed by atoms with Crippen molar-refractivity contribution in [3.63, 3.8) is 0 Å². The van der Waals surface area contributed by atoms with Gasteiger partial charge in [0, 0.05) is 14.3 Å². The average molecular weight is 339 g/mol. The number of ether oxygens (including phenoxy) is 1. The zero-order valence-corrected chi connectivity index (χ0v) is 12.5. The molecule has 1 N–H and O–H groups in total. The summed E-state index contributed by atoms with van der Waals surface area (Å²) in [6.07, 6.45) is 0. The fourth-order valence-electron chi connectivity index (χ4n) is 1.48. The summed E-state index contributed by atoms with van der Waals surface area (Å²) in [6, 6.07) is 12.5. The molecule has 0 aliphatic carbocycles. The van der Waals surface area contributed by atoms with Crippen LogP contribution < -0.4 is 4.74 Å². The molecule has 0 spiro atoms. The highest BCUT2D eigenvalue weighted by Crippen LogP contribution is 2.35. The summed E-state index contributed by atoms with van der Waals surface area (Å²) in [6.45, 7) is 0. The molecule has 0 saturated carbocycles. The number of carboxylic acids is 1. The van der Waals surface area contributed by atoms with E-state index in [0.29, 0.717) is 0 Å². The van der Waals surface area contributed by atoms with Gasteiger partial charge in [0.1, 0.15) is 5.75 Å². The van der Waals surface area contributed by atoms with Gasteiger partial charge in [-0.15, -0.1) is 0 Å². The number of halogens is 1. The first-order chi connectivity index (χ1) is 9.10. The lowest BCUT2D eigenvalue weighted by Crippen LogP contribution is -1.94. The molecule has 2 aromatic carbocycles. The van der Waals surface area contributed by atoms with E-state index < -0.39 is 5.97 Å². The van der Waals surface area contributed by atoms with Crippen LogP contribution in [0.25, 0.3) is 0 Å². The van der Waals surface area contributed by atoms with Crippen molar-refractivity contribution < 1.29 is 14.6 Å². The molecule has 98 valence electrons. The predicted octanol–water partition coefficient (Wildman–Crippen LogP) is 4.31. The van der Waals surface area contributed by atoms with Crippen molar-refractivity contribution in [2.24, 2.45) is 0 Å². The molecule has 0 aromatic heterocycles. The van der Waals surface area contributed by atoms with Crippen LogP contribution in [-0.4, -0.2) is 18.2 Å². The molecule has 0 bridgehead atoms. The molecular formula is C14H11BrO3S. The van der Waals surface area contributed by atoms with Crippen LogP contribution in [-0.2, 0) is 0 Å². The minimum atomic E-state index is -0.915. The topological polar surface area (TPSA) is 46.5 Å². The highest BCUT2D eigenvalue weighted by molar-refractivity contribution is 9.10. The smallest absolute Gasteiger partial charge is 0.335 e. The SMILES string of the molecule is COc1ccc(Sc2ccc(C(=O)O)cc2)c(Br)c1. The van der Waals surface area contributed by atoms with Crippen LogP contribution in [0.15, 0.2) is 56.7 Å². The number of carbonyl (C=O) groups is 1. The van der Waals surface area contributed by atoms with Crippen molar-refractivity contribution >= 4 is 33.7 Å². The Morgan fingerprint density at radius 2 is 1.89 bits per heavy atom. The molecule has 0 radical (unpaired) electrons. The van der Waals surface area contributed by atoms with Gasteiger partial charge in [-0.3, -0.25) is 0 Å². The van der Waals surface area contributed by atoms with E-state index in [1.165, 1.54) is 0 Å². The van der Waals surface area contributed by atoms with Crippen molar-refractivity contribution in [1.82, 2.24) is 0 Å². The van der Waals surface area contributed by atoms with Crippen molar-refractivity contribution in [2.75, 3.05) is 7.11 Å². The summed E-state index contributed by atoms with van der Waals surface area (Å²) in [7, 11) is 1.62. The quantitative estimate of drug-likeness (QED) is 0.902. The molecule has 2 rings (SSSR count). The van der Waals surface area contributed by atoms with Gasteiger partial charge in [0.05, 0.1) is 12.7 Å². The van der Waals surface area contributed by atoms with Crippen molar-refractivity contribution in [1.29, 1.82) is 0 Å². The summed E-state index contributed by atoms with van der Waals surface area (Å²) in [5, 5.41) is 8.84. The molecule has 0 fully saturated rings. The van der Waals surface area contributed by atoms with Crippen LogP contribution in [0.2, 0.25) is 0 Å². The van der Waals surface area contributed by atoms with Gasteiger partial charge < -0.3 is 9.84 Å². The molecule has 0 aliphatic rings. The highest BCUT2D eigenvalue weighted by Gasteiger charge is 2.06. The number of aromatic carboxylic acids is 1. The Morgan fingerprint density at radius 3 is 2.42 bits per heavy atom. The van der Waals surface area contributed by atoms with Crippen molar-refractivity contribution in [2.45, 2.75) is 9.79 Å². The van der Waals surface area contributed by atoms with Crippen LogP contribution in [0.1, 0.15) is 10.4 Å². The fraction of sp³-hybridized carbons (Fsp3) is 0.0714. The number of carboxylic acid groups (broad SMARTS) is 1. The monoisotopic (exact) mass is 338 g/mol. The number of hydrogen-bond donors (Lipinski definition) is 1. The maximum absolute atomic E-state index is 10.8. The Labute approximate surface area is 123 Å². The summed E-state index contributed by atoms with van der Waals surface area (Å²) >= 11 is 5.05. The van der Waals surface area contributed by atoms with Crippen LogP contribution in [0.3, 0.4) is 0 Å². The van der Waals surface area contributed by atoms with Gasteiger partial charge in [0.25, 0.3) is 0 Å². The third kappa shape index (κ3) is 3.52. The molecule has 0 heterocycles. The van der Waals surface area contributed by atoms with E-state index in [9.17, 15) is 4.79 Å². The summed E-state index contributed by atoms with van der Waals surface area (Å²) in [4.78, 5) is 12.8. The van der Waals surface area contributed by atoms with Gasteiger partial charge in [0.15, 0.2) is 0 Å². The van der Waals surface area contributed by atoms with Gasteiger partial charge in [-0.1, -0.05) is 11.8 Å². The van der Waals surface area contributed by atoms with E-state index >= 15 is 0 Å². The van der Waals surface area contributed by atoms with E-state index in [4.69, 9.17) is 9.84 Å².